The molecule has 4 heteroatoms. The number of nitrogens with two attached hydrogens (primary N) is 1. The van der Waals surface area contributed by atoms with Crippen molar-refractivity contribution < 1.29 is 0 Å². The van der Waals surface area contributed by atoms with E-state index in [-0.39, 0.29) is 0 Å². The summed E-state index contributed by atoms with van der Waals surface area (Å²) in [4.78, 5) is 4.45. The zero-order valence-electron chi connectivity index (χ0n) is 9.97. The van der Waals surface area contributed by atoms with Crippen molar-refractivity contribution in [3.63, 3.8) is 0 Å². The maximum atomic E-state index is 5.78. The maximum Gasteiger partial charge on any atom is 0.0960 e. The van der Waals surface area contributed by atoms with Crippen LogP contribution in [-0.2, 0) is 0 Å². The molecule has 1 aromatic heterocycles. The molecule has 0 saturated heterocycles. The van der Waals surface area contributed by atoms with Crippen LogP contribution in [0.25, 0.3) is 11.0 Å². The van der Waals surface area contributed by atoms with Crippen molar-refractivity contribution in [2.24, 2.45) is 0 Å². The molecule has 2 N–H and O–H groups in total. The molecule has 0 amide bonds. The number of hydrogen-bond donors (Lipinski definition) is 1. The van der Waals surface area contributed by atoms with Crippen LogP contribution in [0.2, 0.25) is 0 Å². The monoisotopic (exact) mass is 247 g/mol. The van der Waals surface area contributed by atoms with Gasteiger partial charge in [0.25, 0.3) is 0 Å². The topological polar surface area (TPSA) is 43.8 Å². The summed E-state index contributed by atoms with van der Waals surface area (Å²) in [5.74, 6) is 0. The van der Waals surface area contributed by atoms with Crippen LogP contribution in [0, 0.1) is 0 Å². The van der Waals surface area contributed by atoms with Gasteiger partial charge >= 0.3 is 0 Å². The van der Waals surface area contributed by atoms with Gasteiger partial charge in [-0.1, -0.05) is 0 Å². The number of fused-ring (bicyclic) bond motifs is 1. The van der Waals surface area contributed by atoms with E-state index in [2.05, 4.69) is 21.9 Å². The van der Waals surface area contributed by atoms with Gasteiger partial charge in [-0.2, -0.15) is 11.8 Å². The van der Waals surface area contributed by atoms with Crippen LogP contribution in [0.4, 0.5) is 5.69 Å². The van der Waals surface area contributed by atoms with Crippen molar-refractivity contribution in [3.05, 3.63) is 24.5 Å². The Kier molecular flexibility index (Phi) is 2.74. The van der Waals surface area contributed by atoms with E-state index in [0.717, 1.165) is 16.5 Å². The molecule has 1 aliphatic rings. The molecule has 1 saturated carbocycles. The van der Waals surface area contributed by atoms with Crippen LogP contribution < -0.4 is 5.73 Å². The van der Waals surface area contributed by atoms with Gasteiger partial charge < -0.3 is 10.3 Å². The fourth-order valence-electron chi connectivity index (χ4n) is 2.72. The highest BCUT2D eigenvalue weighted by atomic mass is 32.2. The van der Waals surface area contributed by atoms with Crippen LogP contribution in [0.3, 0.4) is 0 Å². The first-order chi connectivity index (χ1) is 8.28. The molecular weight excluding hydrogens is 230 g/mol. The van der Waals surface area contributed by atoms with Gasteiger partial charge in [0.2, 0.25) is 0 Å². The lowest BCUT2D eigenvalue weighted by atomic mass is 10.2. The zero-order valence-corrected chi connectivity index (χ0v) is 10.8. The first-order valence-electron chi connectivity index (χ1n) is 6.03. The molecule has 0 radical (unpaired) electrons. The molecule has 0 aliphatic heterocycles. The first-order valence-corrected chi connectivity index (χ1v) is 7.31. The van der Waals surface area contributed by atoms with Gasteiger partial charge in [0.1, 0.15) is 0 Å². The van der Waals surface area contributed by atoms with E-state index in [1.54, 1.807) is 0 Å². The third-order valence-electron chi connectivity index (χ3n) is 3.68. The van der Waals surface area contributed by atoms with Crippen LogP contribution >= 0.6 is 11.8 Å². The highest BCUT2D eigenvalue weighted by Gasteiger charge is 2.25. The Morgan fingerprint density at radius 1 is 1.41 bits per heavy atom. The van der Waals surface area contributed by atoms with E-state index >= 15 is 0 Å². The van der Waals surface area contributed by atoms with Crippen molar-refractivity contribution in [2.45, 2.75) is 30.6 Å². The smallest absolute Gasteiger partial charge is 0.0960 e. The molecule has 1 heterocycles. The number of nitrogens with zero attached hydrogens (tertiary/aromatic N) is 2. The summed E-state index contributed by atoms with van der Waals surface area (Å²) < 4.78 is 2.32. The highest BCUT2D eigenvalue weighted by Crippen LogP contribution is 2.37. The van der Waals surface area contributed by atoms with E-state index in [4.69, 9.17) is 5.73 Å². The van der Waals surface area contributed by atoms with Crippen molar-refractivity contribution >= 4 is 28.5 Å². The molecule has 2 aromatic rings. The van der Waals surface area contributed by atoms with Crippen molar-refractivity contribution in [3.8, 4) is 0 Å². The standard InChI is InChI=1S/C13H17N3S/c1-17-11-4-3-10(7-11)16-8-15-12-6-9(14)2-5-13(12)16/h2,5-6,8,10-11H,3-4,7,14H2,1H3. The summed E-state index contributed by atoms with van der Waals surface area (Å²) in [6, 6.07) is 6.61. The van der Waals surface area contributed by atoms with Crippen LogP contribution in [0.1, 0.15) is 25.3 Å². The average Bonchev–Trinajstić information content (AvgIpc) is 2.93. The molecule has 17 heavy (non-hydrogen) atoms. The molecule has 0 spiro atoms. The van der Waals surface area contributed by atoms with Gasteiger partial charge in [-0.05, 0) is 43.7 Å². The van der Waals surface area contributed by atoms with Gasteiger partial charge in [-0.25, -0.2) is 4.98 Å². The van der Waals surface area contributed by atoms with Crippen molar-refractivity contribution in [1.82, 2.24) is 9.55 Å². The molecule has 90 valence electrons. The third kappa shape index (κ3) is 1.90. The Morgan fingerprint density at radius 3 is 3.06 bits per heavy atom. The minimum absolute atomic E-state index is 0.612. The summed E-state index contributed by atoms with van der Waals surface area (Å²) in [5, 5.41) is 0.811. The minimum atomic E-state index is 0.612. The van der Waals surface area contributed by atoms with Crippen LogP contribution in [0.15, 0.2) is 24.5 Å². The SMILES string of the molecule is CSC1CCC(n2cnc3cc(N)ccc32)C1. The first kappa shape index (κ1) is 11.0. The molecule has 1 fully saturated rings. The number of nitrogen functional groups attached to an aromatic ring is 1. The van der Waals surface area contributed by atoms with Crippen LogP contribution in [0.5, 0.6) is 0 Å². The largest absolute Gasteiger partial charge is 0.399 e. The third-order valence-corrected chi connectivity index (χ3v) is 4.78. The van der Waals surface area contributed by atoms with Gasteiger partial charge in [-0.15, -0.1) is 0 Å². The predicted molar refractivity (Wildman–Crippen MR) is 74.3 cm³/mol. The number of imidazole rings is 1. The van der Waals surface area contributed by atoms with E-state index < -0.39 is 0 Å². The predicted octanol–water partition coefficient (Wildman–Crippen LogP) is 3.08. The van der Waals surface area contributed by atoms with Crippen molar-refractivity contribution in [1.29, 1.82) is 0 Å². The second kappa shape index (κ2) is 4.26. The normalized spacial score (nSPS) is 24.5. The maximum absolute atomic E-state index is 5.78. The minimum Gasteiger partial charge on any atom is -0.399 e. The van der Waals surface area contributed by atoms with Gasteiger partial charge in [0.15, 0.2) is 0 Å². The Balaban J connectivity index is 1.96. The quantitative estimate of drug-likeness (QED) is 0.829. The lowest BCUT2D eigenvalue weighted by Crippen LogP contribution is -2.04. The Bertz CT molecular complexity index is 534. The molecule has 1 aliphatic carbocycles. The molecule has 2 atom stereocenters. The van der Waals surface area contributed by atoms with Gasteiger partial charge in [0.05, 0.1) is 17.4 Å². The molecule has 2 unspecified atom stereocenters. The van der Waals surface area contributed by atoms with E-state index in [1.807, 2.05) is 30.2 Å². The second-order valence-electron chi connectivity index (χ2n) is 4.72. The Hall–Kier alpha value is -1.16. The number of aromatic nitrogens is 2. The molecule has 3 rings (SSSR count). The average molecular weight is 247 g/mol. The summed E-state index contributed by atoms with van der Waals surface area (Å²) >= 11 is 1.99. The fourth-order valence-corrected chi connectivity index (χ4v) is 3.51. The molecule has 1 aromatic carbocycles. The number of hydrogen-bond acceptors (Lipinski definition) is 3. The summed E-state index contributed by atoms with van der Waals surface area (Å²) in [6.45, 7) is 0. The number of thioether (sulfide) groups is 1. The number of benzene rings is 1. The second-order valence-corrected chi connectivity index (χ2v) is 5.86. The highest BCUT2D eigenvalue weighted by molar-refractivity contribution is 7.99. The van der Waals surface area contributed by atoms with Gasteiger partial charge in [0, 0.05) is 17.0 Å². The van der Waals surface area contributed by atoms with E-state index in [0.29, 0.717) is 6.04 Å². The van der Waals surface area contributed by atoms with Gasteiger partial charge in [-0.3, -0.25) is 0 Å². The number of anilines is 1. The Labute approximate surface area is 105 Å². The lowest BCUT2D eigenvalue weighted by Gasteiger charge is -2.13. The summed E-state index contributed by atoms with van der Waals surface area (Å²) in [5.41, 5.74) is 8.79. The summed E-state index contributed by atoms with van der Waals surface area (Å²) in [6.07, 6.45) is 8.02. The summed E-state index contributed by atoms with van der Waals surface area (Å²) in [7, 11) is 0. The zero-order chi connectivity index (χ0) is 11.8. The molecule has 3 nitrogen and oxygen atoms in total. The molecule has 0 bridgehead atoms. The van der Waals surface area contributed by atoms with Crippen molar-refractivity contribution in [2.75, 3.05) is 12.0 Å². The van der Waals surface area contributed by atoms with Crippen LogP contribution in [-0.4, -0.2) is 21.1 Å². The Morgan fingerprint density at radius 2 is 2.29 bits per heavy atom. The molecular formula is C13H17N3S. The fraction of sp³-hybridized carbons (Fsp3) is 0.462. The number of rotatable bonds is 2. The lowest BCUT2D eigenvalue weighted by molar-refractivity contribution is 0.533. The van der Waals surface area contributed by atoms with E-state index in [9.17, 15) is 0 Å². The van der Waals surface area contributed by atoms with E-state index in [1.165, 1.54) is 24.8 Å².